The summed E-state index contributed by atoms with van der Waals surface area (Å²) in [6.07, 6.45) is 1.50. The number of benzene rings is 2. The van der Waals surface area contributed by atoms with Crippen molar-refractivity contribution in [1.82, 2.24) is 15.0 Å². The Balaban J connectivity index is 1.37. The fourth-order valence-electron chi connectivity index (χ4n) is 3.35. The maximum atomic E-state index is 12.6. The van der Waals surface area contributed by atoms with Crippen LogP contribution in [0.1, 0.15) is 30.2 Å². The Labute approximate surface area is 178 Å². The van der Waals surface area contributed by atoms with Crippen molar-refractivity contribution >= 4 is 34.9 Å². The first-order valence-electron chi connectivity index (χ1n) is 9.42. The van der Waals surface area contributed by atoms with Gasteiger partial charge in [-0.3, -0.25) is 0 Å². The van der Waals surface area contributed by atoms with E-state index >= 15 is 0 Å². The number of nitrogens with one attached hydrogen (secondary N) is 1. The van der Waals surface area contributed by atoms with Crippen LogP contribution in [0.25, 0.3) is 11.4 Å². The van der Waals surface area contributed by atoms with Gasteiger partial charge in [0.05, 0.1) is 15.7 Å². The summed E-state index contributed by atoms with van der Waals surface area (Å²) in [7, 11) is 0. The zero-order chi connectivity index (χ0) is 20.4. The van der Waals surface area contributed by atoms with Crippen molar-refractivity contribution in [2.24, 2.45) is 0 Å². The van der Waals surface area contributed by atoms with Gasteiger partial charge in [-0.15, -0.1) is 0 Å². The lowest BCUT2D eigenvalue weighted by atomic mass is 9.97. The first kappa shape index (κ1) is 19.7. The molecule has 29 heavy (non-hydrogen) atoms. The second-order valence-corrected chi connectivity index (χ2v) is 7.92. The Bertz CT molecular complexity index is 992. The number of aromatic nitrogens is 2. The van der Waals surface area contributed by atoms with Gasteiger partial charge in [0.2, 0.25) is 11.7 Å². The number of rotatable bonds is 3. The van der Waals surface area contributed by atoms with Gasteiger partial charge in [-0.2, -0.15) is 4.98 Å². The molecule has 8 heteroatoms. The molecule has 1 N–H and O–H groups in total. The summed E-state index contributed by atoms with van der Waals surface area (Å²) in [4.78, 5) is 18.9. The van der Waals surface area contributed by atoms with Crippen LogP contribution < -0.4 is 5.32 Å². The lowest BCUT2D eigenvalue weighted by Crippen LogP contribution is -2.40. The number of piperidine rings is 1. The highest BCUT2D eigenvalue weighted by Gasteiger charge is 2.28. The van der Waals surface area contributed by atoms with Gasteiger partial charge in [0.1, 0.15) is 0 Å². The number of nitrogens with zero attached hydrogens (tertiary/aromatic N) is 3. The summed E-state index contributed by atoms with van der Waals surface area (Å²) in [5, 5.41) is 7.74. The summed E-state index contributed by atoms with van der Waals surface area (Å²) in [5.41, 5.74) is 2.54. The number of carbonyl (C=O) groups excluding carboxylic acids is 1. The standard InChI is InChI=1S/C21H20Cl2N4O2/c1-13-5-7-14(8-6-13)19-25-20(29-26-19)15-9-11-27(12-10-15)21(28)24-18-16(22)3-2-4-17(18)23/h2-8,15H,9-12H2,1H3,(H,24,28). The zero-order valence-corrected chi connectivity index (χ0v) is 17.4. The molecule has 2 aromatic carbocycles. The van der Waals surface area contributed by atoms with E-state index in [9.17, 15) is 4.79 Å². The van der Waals surface area contributed by atoms with Crippen molar-refractivity contribution in [3.8, 4) is 11.4 Å². The fourth-order valence-corrected chi connectivity index (χ4v) is 3.85. The summed E-state index contributed by atoms with van der Waals surface area (Å²) < 4.78 is 5.50. The van der Waals surface area contributed by atoms with E-state index in [0.29, 0.717) is 40.5 Å². The van der Waals surface area contributed by atoms with Gasteiger partial charge in [0, 0.05) is 24.6 Å². The molecule has 0 saturated carbocycles. The number of aryl methyl sites for hydroxylation is 1. The van der Waals surface area contributed by atoms with E-state index in [1.165, 1.54) is 5.56 Å². The van der Waals surface area contributed by atoms with Gasteiger partial charge in [0.25, 0.3) is 0 Å². The molecule has 1 fully saturated rings. The third-order valence-electron chi connectivity index (χ3n) is 5.08. The predicted molar refractivity (Wildman–Crippen MR) is 113 cm³/mol. The highest BCUT2D eigenvalue weighted by Crippen LogP contribution is 2.32. The topological polar surface area (TPSA) is 71.3 Å². The molecule has 1 aliphatic rings. The molecule has 4 rings (SSSR count). The highest BCUT2D eigenvalue weighted by atomic mass is 35.5. The minimum atomic E-state index is -0.218. The zero-order valence-electron chi connectivity index (χ0n) is 15.9. The monoisotopic (exact) mass is 430 g/mol. The second kappa shape index (κ2) is 8.43. The van der Waals surface area contributed by atoms with Gasteiger partial charge in [0.15, 0.2) is 0 Å². The molecule has 150 valence electrons. The number of urea groups is 1. The number of anilines is 1. The second-order valence-electron chi connectivity index (χ2n) is 7.11. The van der Waals surface area contributed by atoms with Gasteiger partial charge in [-0.25, -0.2) is 4.79 Å². The molecular formula is C21H20Cl2N4O2. The molecule has 6 nitrogen and oxygen atoms in total. The van der Waals surface area contributed by atoms with Crippen LogP contribution in [0.5, 0.6) is 0 Å². The summed E-state index contributed by atoms with van der Waals surface area (Å²) in [6, 6.07) is 12.9. The molecule has 0 bridgehead atoms. The molecule has 0 atom stereocenters. The van der Waals surface area contributed by atoms with Gasteiger partial charge in [-0.05, 0) is 31.9 Å². The molecule has 0 aliphatic carbocycles. The van der Waals surface area contributed by atoms with Crippen molar-refractivity contribution in [2.75, 3.05) is 18.4 Å². The van der Waals surface area contributed by atoms with Crippen LogP contribution in [-0.2, 0) is 0 Å². The number of halogens is 2. The first-order valence-corrected chi connectivity index (χ1v) is 10.2. The van der Waals surface area contributed by atoms with Crippen LogP contribution in [0.4, 0.5) is 10.5 Å². The van der Waals surface area contributed by atoms with Crippen molar-refractivity contribution in [1.29, 1.82) is 0 Å². The van der Waals surface area contributed by atoms with E-state index in [0.717, 1.165) is 18.4 Å². The van der Waals surface area contributed by atoms with Crippen LogP contribution >= 0.6 is 23.2 Å². The molecule has 1 saturated heterocycles. The Kier molecular flexibility index (Phi) is 5.74. The predicted octanol–water partition coefficient (Wildman–Crippen LogP) is 5.76. The maximum absolute atomic E-state index is 12.6. The van der Waals surface area contributed by atoms with Gasteiger partial charge < -0.3 is 14.7 Å². The Morgan fingerprint density at radius 1 is 1.10 bits per heavy atom. The van der Waals surface area contributed by atoms with E-state index in [-0.39, 0.29) is 11.9 Å². The molecular weight excluding hydrogens is 411 g/mol. The van der Waals surface area contributed by atoms with Crippen molar-refractivity contribution in [3.63, 3.8) is 0 Å². The molecule has 1 aliphatic heterocycles. The third-order valence-corrected chi connectivity index (χ3v) is 5.71. The molecule has 0 spiro atoms. The van der Waals surface area contributed by atoms with Crippen molar-refractivity contribution in [3.05, 3.63) is 64.0 Å². The molecule has 1 aromatic heterocycles. The van der Waals surface area contributed by atoms with E-state index < -0.39 is 0 Å². The van der Waals surface area contributed by atoms with Crippen molar-refractivity contribution in [2.45, 2.75) is 25.7 Å². The van der Waals surface area contributed by atoms with Gasteiger partial charge >= 0.3 is 6.03 Å². The third kappa shape index (κ3) is 4.38. The number of amides is 2. The van der Waals surface area contributed by atoms with E-state index in [2.05, 4.69) is 15.5 Å². The Morgan fingerprint density at radius 2 is 1.76 bits per heavy atom. The van der Waals surface area contributed by atoms with Crippen LogP contribution in [0.3, 0.4) is 0 Å². The molecule has 0 unspecified atom stereocenters. The minimum Gasteiger partial charge on any atom is -0.339 e. The largest absolute Gasteiger partial charge is 0.339 e. The minimum absolute atomic E-state index is 0.134. The lowest BCUT2D eigenvalue weighted by Gasteiger charge is -2.30. The average molecular weight is 431 g/mol. The lowest BCUT2D eigenvalue weighted by molar-refractivity contribution is 0.187. The summed E-state index contributed by atoms with van der Waals surface area (Å²) >= 11 is 12.3. The Hall–Kier alpha value is -2.57. The average Bonchev–Trinajstić information content (AvgIpc) is 3.21. The number of hydrogen-bond donors (Lipinski definition) is 1. The SMILES string of the molecule is Cc1ccc(-c2noc(C3CCN(C(=O)Nc4c(Cl)cccc4Cl)CC3)n2)cc1. The molecule has 0 radical (unpaired) electrons. The number of carbonyl (C=O) groups is 1. The van der Waals surface area contributed by atoms with Crippen molar-refractivity contribution < 1.29 is 9.32 Å². The maximum Gasteiger partial charge on any atom is 0.321 e. The summed E-state index contributed by atoms with van der Waals surface area (Å²) in [6.45, 7) is 3.21. The smallest absolute Gasteiger partial charge is 0.321 e. The van der Waals surface area contributed by atoms with Crippen LogP contribution in [0.15, 0.2) is 47.0 Å². The number of hydrogen-bond acceptors (Lipinski definition) is 4. The molecule has 2 heterocycles. The van der Waals surface area contributed by atoms with Crippen LogP contribution in [0, 0.1) is 6.92 Å². The van der Waals surface area contributed by atoms with Gasteiger partial charge in [-0.1, -0.05) is 64.3 Å². The molecule has 3 aromatic rings. The normalized spacial score (nSPS) is 14.8. The fraction of sp³-hybridized carbons (Fsp3) is 0.286. The quantitative estimate of drug-likeness (QED) is 0.572. The first-order chi connectivity index (χ1) is 14.0. The highest BCUT2D eigenvalue weighted by molar-refractivity contribution is 6.39. The van der Waals surface area contributed by atoms with E-state index in [4.69, 9.17) is 27.7 Å². The van der Waals surface area contributed by atoms with E-state index in [1.54, 1.807) is 23.1 Å². The van der Waals surface area contributed by atoms with Crippen LogP contribution in [0.2, 0.25) is 10.0 Å². The van der Waals surface area contributed by atoms with E-state index in [1.807, 2.05) is 31.2 Å². The molecule has 2 amide bonds. The van der Waals surface area contributed by atoms with Crippen LogP contribution in [-0.4, -0.2) is 34.2 Å². The Morgan fingerprint density at radius 3 is 2.41 bits per heavy atom. The number of para-hydroxylation sites is 1. The number of likely N-dealkylation sites (tertiary alicyclic amines) is 1. The summed E-state index contributed by atoms with van der Waals surface area (Å²) in [5.74, 6) is 1.35.